The average Bonchev–Trinajstić information content (AvgIpc) is 2.74. The standard InChI is InChI=1S/C12H10ClNO2/c13-9-3-1-2-7-6-8-4-5-10(12(15)16)14(8)11(7)9/h1-3,6,10H,4-5H2,(H,15,16). The highest BCUT2D eigenvalue weighted by atomic mass is 35.5. The van der Waals surface area contributed by atoms with Crippen molar-refractivity contribution in [2.24, 2.45) is 0 Å². The van der Waals surface area contributed by atoms with Crippen LogP contribution in [0.3, 0.4) is 0 Å². The molecule has 1 unspecified atom stereocenters. The summed E-state index contributed by atoms with van der Waals surface area (Å²) in [7, 11) is 0. The first kappa shape index (κ1) is 9.73. The monoisotopic (exact) mass is 235 g/mol. The molecule has 1 aromatic heterocycles. The van der Waals surface area contributed by atoms with Crippen molar-refractivity contribution in [3.8, 4) is 0 Å². The summed E-state index contributed by atoms with van der Waals surface area (Å²) in [6.45, 7) is 0. The van der Waals surface area contributed by atoms with Gasteiger partial charge in [-0.15, -0.1) is 0 Å². The van der Waals surface area contributed by atoms with Crippen LogP contribution < -0.4 is 0 Å². The maximum atomic E-state index is 11.2. The fourth-order valence-electron chi connectivity index (χ4n) is 2.49. The normalized spacial score (nSPS) is 18.9. The van der Waals surface area contributed by atoms with Gasteiger partial charge in [0.15, 0.2) is 0 Å². The lowest BCUT2D eigenvalue weighted by atomic mass is 10.1. The molecule has 16 heavy (non-hydrogen) atoms. The Balaban J connectivity index is 2.34. The molecule has 82 valence electrons. The Morgan fingerprint density at radius 3 is 3.06 bits per heavy atom. The molecule has 0 saturated carbocycles. The third-order valence-corrected chi connectivity index (χ3v) is 3.47. The van der Waals surface area contributed by atoms with Crippen LogP contribution in [0.4, 0.5) is 0 Å². The van der Waals surface area contributed by atoms with Gasteiger partial charge in [-0.2, -0.15) is 0 Å². The summed E-state index contributed by atoms with van der Waals surface area (Å²) in [4.78, 5) is 11.2. The van der Waals surface area contributed by atoms with Crippen molar-refractivity contribution >= 4 is 28.5 Å². The number of aromatic nitrogens is 1. The van der Waals surface area contributed by atoms with Crippen molar-refractivity contribution in [3.05, 3.63) is 35.0 Å². The molecule has 0 radical (unpaired) electrons. The molecule has 0 saturated heterocycles. The van der Waals surface area contributed by atoms with Gasteiger partial charge in [0.25, 0.3) is 0 Å². The Hall–Kier alpha value is -1.48. The minimum atomic E-state index is -0.781. The van der Waals surface area contributed by atoms with Crippen LogP contribution in [-0.4, -0.2) is 15.6 Å². The Labute approximate surface area is 97.2 Å². The highest BCUT2D eigenvalue weighted by molar-refractivity contribution is 6.35. The molecule has 1 aliphatic heterocycles. The highest BCUT2D eigenvalue weighted by Gasteiger charge is 2.30. The lowest BCUT2D eigenvalue weighted by Gasteiger charge is -2.10. The second-order valence-corrected chi connectivity index (χ2v) is 4.48. The van der Waals surface area contributed by atoms with Crippen molar-refractivity contribution in [2.75, 3.05) is 0 Å². The number of hydrogen-bond acceptors (Lipinski definition) is 1. The van der Waals surface area contributed by atoms with Crippen molar-refractivity contribution < 1.29 is 9.90 Å². The van der Waals surface area contributed by atoms with Gasteiger partial charge in [-0.3, -0.25) is 0 Å². The minimum Gasteiger partial charge on any atom is -0.480 e. The van der Waals surface area contributed by atoms with Crippen LogP contribution in [0.1, 0.15) is 18.2 Å². The number of carboxylic acid groups (broad SMARTS) is 1. The number of carbonyl (C=O) groups is 1. The molecule has 3 rings (SSSR count). The molecule has 4 heteroatoms. The van der Waals surface area contributed by atoms with Gasteiger partial charge < -0.3 is 9.67 Å². The summed E-state index contributed by atoms with van der Waals surface area (Å²) >= 11 is 6.14. The summed E-state index contributed by atoms with van der Waals surface area (Å²) in [5.41, 5.74) is 1.92. The molecular weight excluding hydrogens is 226 g/mol. The quantitative estimate of drug-likeness (QED) is 0.826. The fraction of sp³-hybridized carbons (Fsp3) is 0.250. The van der Waals surface area contributed by atoms with Gasteiger partial charge in [0.1, 0.15) is 6.04 Å². The summed E-state index contributed by atoms with van der Waals surface area (Å²) in [5, 5.41) is 10.8. The van der Waals surface area contributed by atoms with Gasteiger partial charge in [0.2, 0.25) is 0 Å². The van der Waals surface area contributed by atoms with Crippen molar-refractivity contribution in [1.82, 2.24) is 4.57 Å². The maximum Gasteiger partial charge on any atom is 0.326 e. The van der Waals surface area contributed by atoms with Crippen molar-refractivity contribution in [2.45, 2.75) is 18.9 Å². The van der Waals surface area contributed by atoms with E-state index in [4.69, 9.17) is 16.7 Å². The van der Waals surface area contributed by atoms with E-state index in [1.165, 1.54) is 0 Å². The molecule has 0 aliphatic carbocycles. The van der Waals surface area contributed by atoms with E-state index < -0.39 is 12.0 Å². The molecule has 0 amide bonds. The van der Waals surface area contributed by atoms with E-state index in [2.05, 4.69) is 0 Å². The summed E-state index contributed by atoms with van der Waals surface area (Å²) in [6, 6.07) is 7.22. The number of nitrogens with zero attached hydrogens (tertiary/aromatic N) is 1. The number of fused-ring (bicyclic) bond motifs is 3. The van der Waals surface area contributed by atoms with Gasteiger partial charge in [-0.25, -0.2) is 4.79 Å². The van der Waals surface area contributed by atoms with Gasteiger partial charge in [-0.05, 0) is 25.0 Å². The molecule has 0 fully saturated rings. The molecule has 1 atom stereocenters. The molecule has 3 nitrogen and oxygen atoms in total. The first-order valence-electron chi connectivity index (χ1n) is 5.19. The van der Waals surface area contributed by atoms with E-state index in [0.717, 1.165) is 23.0 Å². The van der Waals surface area contributed by atoms with Crippen LogP contribution in [0.5, 0.6) is 0 Å². The summed E-state index contributed by atoms with van der Waals surface area (Å²) in [6.07, 6.45) is 1.47. The SMILES string of the molecule is O=C(O)C1CCc2cc3cccc(Cl)c3n21. The van der Waals surface area contributed by atoms with Crippen LogP contribution >= 0.6 is 11.6 Å². The first-order chi connectivity index (χ1) is 7.68. The van der Waals surface area contributed by atoms with Crippen molar-refractivity contribution in [1.29, 1.82) is 0 Å². The lowest BCUT2D eigenvalue weighted by Crippen LogP contribution is -2.14. The number of rotatable bonds is 1. The Bertz CT molecular complexity index is 588. The number of hydrogen-bond donors (Lipinski definition) is 1. The molecule has 2 aromatic rings. The number of aryl methyl sites for hydroxylation is 1. The van der Waals surface area contributed by atoms with E-state index in [9.17, 15) is 4.79 Å². The fourth-order valence-corrected chi connectivity index (χ4v) is 2.76. The molecule has 1 aliphatic rings. The van der Waals surface area contributed by atoms with E-state index in [-0.39, 0.29) is 0 Å². The second-order valence-electron chi connectivity index (χ2n) is 4.08. The van der Waals surface area contributed by atoms with Crippen LogP contribution in [0.15, 0.2) is 24.3 Å². The number of halogens is 1. The largest absolute Gasteiger partial charge is 0.480 e. The summed E-state index contributed by atoms with van der Waals surface area (Å²) in [5.74, 6) is -0.781. The third kappa shape index (κ3) is 1.18. The third-order valence-electron chi connectivity index (χ3n) is 3.16. The number of benzene rings is 1. The average molecular weight is 236 g/mol. The highest BCUT2D eigenvalue weighted by Crippen LogP contribution is 2.36. The Morgan fingerprint density at radius 2 is 2.31 bits per heavy atom. The zero-order valence-electron chi connectivity index (χ0n) is 8.48. The van der Waals surface area contributed by atoms with Crippen molar-refractivity contribution in [3.63, 3.8) is 0 Å². The van der Waals surface area contributed by atoms with Gasteiger partial charge >= 0.3 is 5.97 Å². The second kappa shape index (κ2) is 3.25. The van der Waals surface area contributed by atoms with Gasteiger partial charge in [0, 0.05) is 11.1 Å². The first-order valence-corrected chi connectivity index (χ1v) is 5.57. The van der Waals surface area contributed by atoms with Gasteiger partial charge in [0.05, 0.1) is 10.5 Å². The molecule has 0 bridgehead atoms. The number of para-hydroxylation sites is 1. The smallest absolute Gasteiger partial charge is 0.326 e. The molecule has 1 aromatic carbocycles. The van der Waals surface area contributed by atoms with E-state index in [1.54, 1.807) is 6.07 Å². The zero-order valence-corrected chi connectivity index (χ0v) is 9.24. The predicted octanol–water partition coefficient (Wildman–Crippen LogP) is 2.87. The zero-order chi connectivity index (χ0) is 11.3. The van der Waals surface area contributed by atoms with Crippen LogP contribution in [0.25, 0.3) is 10.9 Å². The molecule has 0 spiro atoms. The topological polar surface area (TPSA) is 42.2 Å². The Morgan fingerprint density at radius 1 is 1.50 bits per heavy atom. The number of carboxylic acids is 1. The van der Waals surface area contributed by atoms with E-state index in [0.29, 0.717) is 11.4 Å². The van der Waals surface area contributed by atoms with E-state index >= 15 is 0 Å². The van der Waals surface area contributed by atoms with Gasteiger partial charge in [-0.1, -0.05) is 23.7 Å². The Kier molecular flexibility index (Phi) is 1.98. The maximum absolute atomic E-state index is 11.2. The molecular formula is C12H10ClNO2. The van der Waals surface area contributed by atoms with E-state index in [1.807, 2.05) is 22.8 Å². The summed E-state index contributed by atoms with van der Waals surface area (Å²) < 4.78 is 1.86. The number of aliphatic carboxylic acids is 1. The minimum absolute atomic E-state index is 0.465. The lowest BCUT2D eigenvalue weighted by molar-refractivity contribution is -0.140. The van der Waals surface area contributed by atoms with Crippen LogP contribution in [0, 0.1) is 0 Å². The predicted molar refractivity (Wildman–Crippen MR) is 61.9 cm³/mol. The van der Waals surface area contributed by atoms with Crippen LogP contribution in [-0.2, 0) is 11.2 Å². The van der Waals surface area contributed by atoms with Crippen LogP contribution in [0.2, 0.25) is 5.02 Å². The molecule has 2 heterocycles. The molecule has 1 N–H and O–H groups in total.